The summed E-state index contributed by atoms with van der Waals surface area (Å²) < 4.78 is 87.7. The van der Waals surface area contributed by atoms with Gasteiger partial charge >= 0.3 is 6.18 Å². The van der Waals surface area contributed by atoms with E-state index in [1.807, 2.05) is 0 Å². The first-order valence-electron chi connectivity index (χ1n) is 10.0. The minimum Gasteiger partial charge on any atom is -0.480 e. The fourth-order valence-electron chi connectivity index (χ4n) is 3.70. The molecular weight excluding hydrogens is 466 g/mol. The standard InChI is InChI=1S/C22H21F4NO5S/c1-13(22(24,25)26)32-19-6-5-17(33(2,29)30)8-18(19)20(28)27-9-14-3-4-16(7-15(14)10-27)21(23)11-31-12-21/h3-8,13H,9-12H2,1-2H3/t13-/m0/s1. The lowest BCUT2D eigenvalue weighted by atomic mass is 9.91. The van der Waals surface area contributed by atoms with Crippen LogP contribution in [0.25, 0.3) is 0 Å². The van der Waals surface area contributed by atoms with Crippen LogP contribution in [0.5, 0.6) is 5.75 Å². The first-order valence-corrected chi connectivity index (χ1v) is 11.9. The van der Waals surface area contributed by atoms with Gasteiger partial charge in [0.25, 0.3) is 5.91 Å². The summed E-state index contributed by atoms with van der Waals surface area (Å²) in [5.41, 5.74) is 0.0298. The number of rotatable bonds is 5. The summed E-state index contributed by atoms with van der Waals surface area (Å²) in [5, 5.41) is 0. The minimum absolute atomic E-state index is 0.0508. The molecule has 6 nitrogen and oxygen atoms in total. The van der Waals surface area contributed by atoms with Gasteiger partial charge in [-0.2, -0.15) is 13.2 Å². The second-order valence-corrected chi connectivity index (χ2v) is 10.4. The molecule has 2 aliphatic heterocycles. The van der Waals surface area contributed by atoms with Gasteiger partial charge in [0.15, 0.2) is 21.6 Å². The lowest BCUT2D eigenvalue weighted by Crippen LogP contribution is -2.42. The highest BCUT2D eigenvalue weighted by atomic mass is 32.2. The van der Waals surface area contributed by atoms with Crippen LogP contribution in [0, 0.1) is 0 Å². The van der Waals surface area contributed by atoms with Crippen molar-refractivity contribution in [3.63, 3.8) is 0 Å². The number of fused-ring (bicyclic) bond motifs is 1. The van der Waals surface area contributed by atoms with E-state index in [0.29, 0.717) is 11.1 Å². The number of amides is 1. The monoisotopic (exact) mass is 487 g/mol. The maximum atomic E-state index is 14.7. The molecule has 0 radical (unpaired) electrons. The molecule has 4 rings (SSSR count). The summed E-state index contributed by atoms with van der Waals surface area (Å²) >= 11 is 0. The highest BCUT2D eigenvalue weighted by Crippen LogP contribution is 2.37. The molecule has 1 atom stereocenters. The van der Waals surface area contributed by atoms with Crippen molar-refractivity contribution in [1.29, 1.82) is 0 Å². The van der Waals surface area contributed by atoms with E-state index in [1.165, 1.54) is 4.90 Å². The summed E-state index contributed by atoms with van der Waals surface area (Å²) in [4.78, 5) is 14.4. The Hall–Kier alpha value is -2.66. The molecule has 0 spiro atoms. The fraction of sp³-hybridized carbons (Fsp3) is 0.409. The summed E-state index contributed by atoms with van der Waals surface area (Å²) in [5.74, 6) is -1.06. The first kappa shape index (κ1) is 23.5. The normalized spacial score (nSPS) is 18.4. The first-order chi connectivity index (χ1) is 15.3. The van der Waals surface area contributed by atoms with E-state index in [4.69, 9.17) is 9.47 Å². The molecular formula is C22H21F4NO5S. The number of nitrogens with zero attached hydrogens (tertiary/aromatic N) is 1. The molecule has 178 valence electrons. The van der Waals surface area contributed by atoms with Gasteiger partial charge in [0, 0.05) is 19.3 Å². The molecule has 0 unspecified atom stereocenters. The van der Waals surface area contributed by atoms with Gasteiger partial charge in [-0.3, -0.25) is 4.79 Å². The fourth-order valence-corrected chi connectivity index (χ4v) is 4.35. The minimum atomic E-state index is -4.68. The molecule has 1 saturated heterocycles. The lowest BCUT2D eigenvalue weighted by molar-refractivity contribution is -0.189. The smallest absolute Gasteiger partial charge is 0.425 e. The van der Waals surface area contributed by atoms with Crippen LogP contribution in [0.1, 0.15) is 34.0 Å². The van der Waals surface area contributed by atoms with Crippen LogP contribution in [-0.4, -0.2) is 51.0 Å². The molecule has 2 aliphatic rings. The molecule has 0 aliphatic carbocycles. The average Bonchev–Trinajstić information content (AvgIpc) is 3.13. The van der Waals surface area contributed by atoms with E-state index in [1.54, 1.807) is 18.2 Å². The molecule has 0 N–H and O–H groups in total. The van der Waals surface area contributed by atoms with Crippen LogP contribution in [0.15, 0.2) is 41.3 Å². The van der Waals surface area contributed by atoms with Crippen LogP contribution in [0.2, 0.25) is 0 Å². The number of sulfone groups is 1. The Morgan fingerprint density at radius 1 is 1.12 bits per heavy atom. The Balaban J connectivity index is 1.64. The van der Waals surface area contributed by atoms with E-state index in [0.717, 1.165) is 36.9 Å². The summed E-state index contributed by atoms with van der Waals surface area (Å²) in [6.45, 7) is 0.927. The maximum absolute atomic E-state index is 14.7. The molecule has 2 heterocycles. The third-order valence-corrected chi connectivity index (χ3v) is 6.88. The number of carbonyl (C=O) groups excluding carboxylic acids is 1. The third-order valence-electron chi connectivity index (χ3n) is 5.77. The van der Waals surface area contributed by atoms with Gasteiger partial charge in [0.2, 0.25) is 0 Å². The Morgan fingerprint density at radius 3 is 2.36 bits per heavy atom. The van der Waals surface area contributed by atoms with Crippen LogP contribution in [0.3, 0.4) is 0 Å². The Labute approximate surface area is 188 Å². The highest BCUT2D eigenvalue weighted by molar-refractivity contribution is 7.90. The second-order valence-electron chi connectivity index (χ2n) is 8.33. The maximum Gasteiger partial charge on any atom is 0.425 e. The van der Waals surface area contributed by atoms with Crippen molar-refractivity contribution < 1.29 is 40.2 Å². The molecule has 1 amide bonds. The van der Waals surface area contributed by atoms with Crippen molar-refractivity contribution in [2.45, 2.75) is 42.9 Å². The van der Waals surface area contributed by atoms with Crippen molar-refractivity contribution in [3.05, 3.63) is 58.7 Å². The molecule has 11 heteroatoms. The zero-order valence-corrected chi connectivity index (χ0v) is 18.6. The molecule has 33 heavy (non-hydrogen) atoms. The van der Waals surface area contributed by atoms with Crippen molar-refractivity contribution in [2.24, 2.45) is 0 Å². The molecule has 0 aromatic heterocycles. The van der Waals surface area contributed by atoms with Crippen molar-refractivity contribution in [3.8, 4) is 5.75 Å². The number of carbonyl (C=O) groups is 1. The molecule has 2 aromatic rings. The van der Waals surface area contributed by atoms with Gasteiger partial charge in [0.05, 0.1) is 23.7 Å². The quantitative estimate of drug-likeness (QED) is 0.601. The van der Waals surface area contributed by atoms with Crippen LogP contribution in [-0.2, 0) is 33.3 Å². The van der Waals surface area contributed by atoms with Crippen LogP contribution < -0.4 is 4.74 Å². The number of hydrogen-bond acceptors (Lipinski definition) is 5. The van der Waals surface area contributed by atoms with E-state index >= 15 is 0 Å². The highest BCUT2D eigenvalue weighted by Gasteiger charge is 2.42. The number of hydrogen-bond donors (Lipinski definition) is 0. The van der Waals surface area contributed by atoms with E-state index < -0.39 is 33.7 Å². The average molecular weight is 487 g/mol. The van der Waals surface area contributed by atoms with E-state index in [2.05, 4.69) is 0 Å². The summed E-state index contributed by atoms with van der Waals surface area (Å²) in [7, 11) is -3.73. The van der Waals surface area contributed by atoms with Gasteiger partial charge in [-0.1, -0.05) is 18.2 Å². The van der Waals surface area contributed by atoms with Crippen molar-refractivity contribution >= 4 is 15.7 Å². The van der Waals surface area contributed by atoms with Crippen molar-refractivity contribution in [1.82, 2.24) is 4.90 Å². The van der Waals surface area contributed by atoms with Gasteiger partial charge in [0.1, 0.15) is 5.75 Å². The van der Waals surface area contributed by atoms with Crippen LogP contribution in [0.4, 0.5) is 17.6 Å². The largest absolute Gasteiger partial charge is 0.480 e. The van der Waals surface area contributed by atoms with E-state index in [-0.39, 0.29) is 42.5 Å². The van der Waals surface area contributed by atoms with Gasteiger partial charge < -0.3 is 14.4 Å². The molecule has 0 saturated carbocycles. The van der Waals surface area contributed by atoms with Crippen molar-refractivity contribution in [2.75, 3.05) is 19.5 Å². The number of benzene rings is 2. The number of halogens is 4. The Morgan fingerprint density at radius 2 is 1.79 bits per heavy atom. The third kappa shape index (κ3) is 4.56. The molecule has 0 bridgehead atoms. The molecule has 1 fully saturated rings. The summed E-state index contributed by atoms with van der Waals surface area (Å²) in [6.07, 6.45) is -5.96. The summed E-state index contributed by atoms with van der Waals surface area (Å²) in [6, 6.07) is 8.15. The predicted molar refractivity (Wildman–Crippen MR) is 109 cm³/mol. The second kappa shape index (κ2) is 7.98. The SMILES string of the molecule is C[C@H](Oc1ccc(S(C)(=O)=O)cc1C(=O)N1Cc2ccc(C3(F)COC3)cc2C1)C(F)(F)F. The topological polar surface area (TPSA) is 72.9 Å². The predicted octanol–water partition coefficient (Wildman–Crippen LogP) is 3.77. The zero-order chi connectivity index (χ0) is 24.2. The Bertz CT molecular complexity index is 1210. The molecule has 2 aromatic carbocycles. The van der Waals surface area contributed by atoms with Gasteiger partial charge in [-0.25, -0.2) is 12.8 Å². The number of alkyl halides is 4. The number of ether oxygens (including phenoxy) is 2. The van der Waals surface area contributed by atoms with Crippen LogP contribution >= 0.6 is 0 Å². The van der Waals surface area contributed by atoms with Gasteiger partial charge in [-0.05, 0) is 41.8 Å². The lowest BCUT2D eigenvalue weighted by Gasteiger charge is -2.34. The van der Waals surface area contributed by atoms with E-state index in [9.17, 15) is 30.8 Å². The Kier molecular flexibility index (Phi) is 5.68. The zero-order valence-electron chi connectivity index (χ0n) is 17.8. The van der Waals surface area contributed by atoms with Gasteiger partial charge in [-0.15, -0.1) is 0 Å².